The van der Waals surface area contributed by atoms with E-state index in [4.69, 9.17) is 5.11 Å². The number of carboxylic acids is 1. The van der Waals surface area contributed by atoms with Crippen molar-refractivity contribution >= 4 is 17.6 Å². The molecule has 126 valence electrons. The van der Waals surface area contributed by atoms with Crippen LogP contribution in [0.2, 0.25) is 0 Å². The molecule has 0 bridgehead atoms. The molecule has 1 aliphatic rings. The maximum Gasteiger partial charge on any atom is 0.303 e. The summed E-state index contributed by atoms with van der Waals surface area (Å²) in [6.45, 7) is 4.21. The zero-order chi connectivity index (χ0) is 16.8. The van der Waals surface area contributed by atoms with E-state index in [9.17, 15) is 9.59 Å². The van der Waals surface area contributed by atoms with Crippen molar-refractivity contribution < 1.29 is 14.7 Å². The van der Waals surface area contributed by atoms with Gasteiger partial charge >= 0.3 is 5.97 Å². The van der Waals surface area contributed by atoms with E-state index in [1.807, 2.05) is 4.90 Å². The van der Waals surface area contributed by atoms with E-state index in [0.717, 1.165) is 37.8 Å². The number of carboxylic acid groups (broad SMARTS) is 1. The molecule has 0 saturated heterocycles. The number of rotatable bonds is 8. The predicted molar refractivity (Wildman–Crippen MR) is 91.8 cm³/mol. The molecule has 1 heterocycles. The van der Waals surface area contributed by atoms with Gasteiger partial charge in [-0.05, 0) is 56.2 Å². The summed E-state index contributed by atoms with van der Waals surface area (Å²) in [5, 5.41) is 8.67. The summed E-state index contributed by atoms with van der Waals surface area (Å²) in [6, 6.07) is 6.57. The van der Waals surface area contributed by atoms with Gasteiger partial charge in [0.05, 0.1) is 0 Å². The van der Waals surface area contributed by atoms with Crippen molar-refractivity contribution in [1.82, 2.24) is 0 Å². The molecule has 4 heteroatoms. The molecule has 1 aliphatic heterocycles. The van der Waals surface area contributed by atoms with Gasteiger partial charge in [0.2, 0.25) is 5.91 Å². The van der Waals surface area contributed by atoms with Crippen molar-refractivity contribution in [2.45, 2.75) is 71.3 Å². The summed E-state index contributed by atoms with van der Waals surface area (Å²) < 4.78 is 0. The maximum atomic E-state index is 12.4. The Morgan fingerprint density at radius 3 is 2.70 bits per heavy atom. The number of aliphatic carboxylic acids is 1. The van der Waals surface area contributed by atoms with Gasteiger partial charge in [-0.1, -0.05) is 25.5 Å². The number of anilines is 1. The molecule has 1 N–H and O–H groups in total. The number of amides is 1. The van der Waals surface area contributed by atoms with Crippen LogP contribution in [0.15, 0.2) is 18.2 Å². The number of fused-ring (bicyclic) bond motifs is 1. The van der Waals surface area contributed by atoms with Crippen molar-refractivity contribution in [3.8, 4) is 0 Å². The number of benzene rings is 1. The fraction of sp³-hybridized carbons (Fsp3) is 0.579. The standard InChI is InChI=1S/C19H27NO3/c1-3-4-8-18(21)20-14(2)12-16-13-15(10-11-17(16)20)7-5-6-9-19(22)23/h10-11,13-14H,3-9,12H2,1-2H3,(H,22,23). The van der Waals surface area contributed by atoms with E-state index >= 15 is 0 Å². The van der Waals surface area contributed by atoms with Gasteiger partial charge in [0.15, 0.2) is 0 Å². The van der Waals surface area contributed by atoms with Gasteiger partial charge in [-0.2, -0.15) is 0 Å². The molecule has 0 radical (unpaired) electrons. The SMILES string of the molecule is CCCCC(=O)N1c2ccc(CCCCC(=O)O)cc2CC1C. The largest absolute Gasteiger partial charge is 0.481 e. The highest BCUT2D eigenvalue weighted by atomic mass is 16.4. The predicted octanol–water partition coefficient (Wildman–Crippen LogP) is 3.95. The third-order valence-electron chi connectivity index (χ3n) is 4.48. The van der Waals surface area contributed by atoms with E-state index in [2.05, 4.69) is 32.0 Å². The van der Waals surface area contributed by atoms with E-state index < -0.39 is 5.97 Å². The highest BCUT2D eigenvalue weighted by Crippen LogP contribution is 2.34. The summed E-state index contributed by atoms with van der Waals surface area (Å²) in [7, 11) is 0. The van der Waals surface area contributed by atoms with Gasteiger partial charge in [-0.15, -0.1) is 0 Å². The van der Waals surface area contributed by atoms with Gasteiger partial charge in [0, 0.05) is 24.6 Å². The number of hydrogen-bond acceptors (Lipinski definition) is 2. The Morgan fingerprint density at radius 2 is 2.00 bits per heavy atom. The lowest BCUT2D eigenvalue weighted by Gasteiger charge is -2.22. The van der Waals surface area contributed by atoms with E-state index in [1.165, 1.54) is 11.1 Å². The molecule has 2 rings (SSSR count). The van der Waals surface area contributed by atoms with Crippen molar-refractivity contribution in [2.75, 3.05) is 4.90 Å². The number of hydrogen-bond donors (Lipinski definition) is 1. The lowest BCUT2D eigenvalue weighted by Crippen LogP contribution is -2.35. The minimum Gasteiger partial charge on any atom is -0.481 e. The van der Waals surface area contributed by atoms with Crippen LogP contribution >= 0.6 is 0 Å². The molecule has 0 fully saturated rings. The lowest BCUT2D eigenvalue weighted by atomic mass is 10.0. The van der Waals surface area contributed by atoms with E-state index in [0.29, 0.717) is 12.8 Å². The highest BCUT2D eigenvalue weighted by molar-refractivity contribution is 5.96. The van der Waals surface area contributed by atoms with Gasteiger partial charge in [0.1, 0.15) is 0 Å². The zero-order valence-electron chi connectivity index (χ0n) is 14.2. The molecule has 0 spiro atoms. The minimum atomic E-state index is -0.728. The van der Waals surface area contributed by atoms with Crippen LogP contribution in [0.4, 0.5) is 5.69 Å². The minimum absolute atomic E-state index is 0.229. The van der Waals surface area contributed by atoms with Crippen molar-refractivity contribution in [3.63, 3.8) is 0 Å². The van der Waals surface area contributed by atoms with Gasteiger partial charge in [0.25, 0.3) is 0 Å². The first-order valence-corrected chi connectivity index (χ1v) is 8.68. The molecule has 0 saturated carbocycles. The van der Waals surface area contributed by atoms with Crippen LogP contribution in [-0.2, 0) is 22.4 Å². The first-order valence-electron chi connectivity index (χ1n) is 8.68. The molecule has 1 aromatic rings. The molecule has 1 amide bonds. The number of nitrogens with zero attached hydrogens (tertiary/aromatic N) is 1. The van der Waals surface area contributed by atoms with Crippen LogP contribution < -0.4 is 4.90 Å². The first kappa shape index (κ1) is 17.5. The molecule has 23 heavy (non-hydrogen) atoms. The topological polar surface area (TPSA) is 57.6 Å². The second kappa shape index (κ2) is 8.14. The smallest absolute Gasteiger partial charge is 0.303 e. The second-order valence-corrected chi connectivity index (χ2v) is 6.48. The lowest BCUT2D eigenvalue weighted by molar-refractivity contribution is -0.137. The number of aryl methyl sites for hydroxylation is 1. The normalized spacial score (nSPS) is 16.4. The van der Waals surface area contributed by atoms with E-state index in [1.54, 1.807) is 0 Å². The Bertz CT molecular complexity index is 568. The maximum absolute atomic E-state index is 12.4. The van der Waals surface area contributed by atoms with E-state index in [-0.39, 0.29) is 18.4 Å². The van der Waals surface area contributed by atoms with Gasteiger partial charge in [-0.3, -0.25) is 9.59 Å². The summed E-state index contributed by atoms with van der Waals surface area (Å²) >= 11 is 0. The molecule has 4 nitrogen and oxygen atoms in total. The van der Waals surface area contributed by atoms with Crippen LogP contribution in [0.1, 0.15) is 63.5 Å². The Hall–Kier alpha value is -1.84. The summed E-state index contributed by atoms with van der Waals surface area (Å²) in [4.78, 5) is 24.9. The van der Waals surface area contributed by atoms with Gasteiger partial charge < -0.3 is 10.0 Å². The number of unbranched alkanes of at least 4 members (excludes halogenated alkanes) is 2. The summed E-state index contributed by atoms with van der Waals surface area (Å²) in [5.41, 5.74) is 3.55. The average molecular weight is 317 g/mol. The van der Waals surface area contributed by atoms with Crippen molar-refractivity contribution in [2.24, 2.45) is 0 Å². The van der Waals surface area contributed by atoms with Crippen LogP contribution in [0.25, 0.3) is 0 Å². The van der Waals surface area contributed by atoms with Crippen LogP contribution in [-0.4, -0.2) is 23.0 Å². The molecular weight excluding hydrogens is 290 g/mol. The second-order valence-electron chi connectivity index (χ2n) is 6.48. The molecular formula is C19H27NO3. The van der Waals surface area contributed by atoms with Crippen LogP contribution in [0.5, 0.6) is 0 Å². The summed E-state index contributed by atoms with van der Waals surface area (Å²) in [5.74, 6) is -0.499. The third kappa shape index (κ3) is 4.57. The molecule has 1 unspecified atom stereocenters. The van der Waals surface area contributed by atoms with Crippen molar-refractivity contribution in [1.29, 1.82) is 0 Å². The molecule has 1 atom stereocenters. The van der Waals surface area contributed by atoms with Gasteiger partial charge in [-0.25, -0.2) is 0 Å². The highest BCUT2D eigenvalue weighted by Gasteiger charge is 2.30. The summed E-state index contributed by atoms with van der Waals surface area (Å²) in [6.07, 6.45) is 6.26. The van der Waals surface area contributed by atoms with Crippen LogP contribution in [0.3, 0.4) is 0 Å². The monoisotopic (exact) mass is 317 g/mol. The molecule has 0 aliphatic carbocycles. The number of carbonyl (C=O) groups is 2. The fourth-order valence-electron chi connectivity index (χ4n) is 3.27. The zero-order valence-corrected chi connectivity index (χ0v) is 14.2. The Kier molecular flexibility index (Phi) is 6.20. The average Bonchev–Trinajstić information content (AvgIpc) is 2.84. The molecule has 0 aromatic heterocycles. The quantitative estimate of drug-likeness (QED) is 0.739. The Labute approximate surface area is 138 Å². The third-order valence-corrected chi connectivity index (χ3v) is 4.48. The fourth-order valence-corrected chi connectivity index (χ4v) is 3.27. The first-order chi connectivity index (χ1) is 11.0. The van der Waals surface area contributed by atoms with Crippen LogP contribution in [0, 0.1) is 0 Å². The van der Waals surface area contributed by atoms with Crippen molar-refractivity contribution in [3.05, 3.63) is 29.3 Å². The molecule has 1 aromatic carbocycles. The Morgan fingerprint density at radius 1 is 1.22 bits per heavy atom. The Balaban J connectivity index is 2.00. The number of carbonyl (C=O) groups excluding carboxylic acids is 1.